The number of nitrogens with zero attached hydrogens (tertiary/aromatic N) is 1. The molecule has 6 nitrogen and oxygen atoms in total. The van der Waals surface area contributed by atoms with Gasteiger partial charge in [-0.15, -0.1) is 0 Å². The Labute approximate surface area is 160 Å². The van der Waals surface area contributed by atoms with Crippen LogP contribution in [0.2, 0.25) is 0 Å². The number of aliphatic hydroxyl groups is 1. The minimum Gasteiger partial charge on any atom is -0.503 e. The van der Waals surface area contributed by atoms with Crippen LogP contribution in [0.4, 0.5) is 0 Å². The number of rotatable bonds is 9. The number of methoxy groups -OCH3 is 2. The highest BCUT2D eigenvalue weighted by atomic mass is 16.5. The van der Waals surface area contributed by atoms with Crippen LogP contribution in [-0.2, 0) is 9.59 Å². The Kier molecular flexibility index (Phi) is 6.88. The topological polar surface area (TPSA) is 76.1 Å². The monoisotopic (exact) mass is 375 g/mol. The standard InChI is InChI=1S/C21H29NO5/c1-6-7-11-22-18(14-9-8-10-16(26-4)20(14)27-5)17(19(24)21(22)25)15(23)12-13(2)3/h8-10,13,18,24H,6-7,11-12H2,1-5H3. The highest BCUT2D eigenvalue weighted by molar-refractivity contribution is 6.09. The Balaban J connectivity index is 2.61. The number of hydrogen-bond donors (Lipinski definition) is 1. The highest BCUT2D eigenvalue weighted by Crippen LogP contribution is 2.45. The van der Waals surface area contributed by atoms with Gasteiger partial charge in [0.25, 0.3) is 5.91 Å². The molecule has 148 valence electrons. The molecule has 0 radical (unpaired) electrons. The van der Waals surface area contributed by atoms with Crippen LogP contribution in [0.15, 0.2) is 29.5 Å². The van der Waals surface area contributed by atoms with Crippen molar-refractivity contribution < 1.29 is 24.2 Å². The maximum Gasteiger partial charge on any atom is 0.290 e. The number of unbranched alkanes of at least 4 members (excludes halogenated alkanes) is 1. The second-order valence-electron chi connectivity index (χ2n) is 7.12. The van der Waals surface area contributed by atoms with Crippen molar-refractivity contribution in [3.8, 4) is 11.5 Å². The van der Waals surface area contributed by atoms with Crippen molar-refractivity contribution >= 4 is 11.7 Å². The van der Waals surface area contributed by atoms with Gasteiger partial charge in [0.1, 0.15) is 0 Å². The maximum absolute atomic E-state index is 12.9. The minimum atomic E-state index is -0.680. The van der Waals surface area contributed by atoms with Crippen molar-refractivity contribution in [2.24, 2.45) is 5.92 Å². The van der Waals surface area contributed by atoms with Gasteiger partial charge < -0.3 is 19.5 Å². The average molecular weight is 375 g/mol. The zero-order chi connectivity index (χ0) is 20.1. The van der Waals surface area contributed by atoms with Crippen molar-refractivity contribution in [3.63, 3.8) is 0 Å². The molecule has 1 aliphatic rings. The van der Waals surface area contributed by atoms with Crippen LogP contribution in [0.1, 0.15) is 51.6 Å². The second kappa shape index (κ2) is 8.93. The summed E-state index contributed by atoms with van der Waals surface area (Å²) in [6.07, 6.45) is 1.92. The molecule has 1 unspecified atom stereocenters. The molecule has 1 heterocycles. The fourth-order valence-corrected chi connectivity index (χ4v) is 3.43. The van der Waals surface area contributed by atoms with Gasteiger partial charge in [-0.1, -0.05) is 39.3 Å². The van der Waals surface area contributed by atoms with Gasteiger partial charge in [-0.05, 0) is 18.4 Å². The van der Waals surface area contributed by atoms with Crippen LogP contribution < -0.4 is 9.47 Å². The summed E-state index contributed by atoms with van der Waals surface area (Å²) < 4.78 is 10.9. The lowest BCUT2D eigenvalue weighted by Crippen LogP contribution is -2.32. The number of ether oxygens (including phenoxy) is 2. The molecule has 1 amide bonds. The molecule has 6 heteroatoms. The van der Waals surface area contributed by atoms with E-state index in [0.717, 1.165) is 12.8 Å². The van der Waals surface area contributed by atoms with Gasteiger partial charge in [0.2, 0.25) is 0 Å². The Bertz CT molecular complexity index is 738. The SMILES string of the molecule is CCCCN1C(=O)C(O)=C(C(=O)CC(C)C)C1c1cccc(OC)c1OC. The number of carbonyl (C=O) groups excluding carboxylic acids is 2. The van der Waals surface area contributed by atoms with E-state index in [0.29, 0.717) is 23.6 Å². The number of ketones is 1. The summed E-state index contributed by atoms with van der Waals surface area (Å²) in [4.78, 5) is 27.2. The van der Waals surface area contributed by atoms with E-state index in [1.165, 1.54) is 14.2 Å². The molecule has 2 rings (SSSR count). The summed E-state index contributed by atoms with van der Waals surface area (Å²) in [6, 6.07) is 4.67. The predicted octanol–water partition coefficient (Wildman–Crippen LogP) is 3.81. The van der Waals surface area contributed by atoms with E-state index in [9.17, 15) is 14.7 Å². The molecule has 1 atom stereocenters. The molecule has 0 spiro atoms. The van der Waals surface area contributed by atoms with E-state index in [2.05, 4.69) is 0 Å². The van der Waals surface area contributed by atoms with Crippen molar-refractivity contribution in [2.75, 3.05) is 20.8 Å². The van der Waals surface area contributed by atoms with Crippen molar-refractivity contribution in [1.29, 1.82) is 0 Å². The van der Waals surface area contributed by atoms with E-state index < -0.39 is 17.7 Å². The van der Waals surface area contributed by atoms with E-state index in [4.69, 9.17) is 9.47 Å². The lowest BCUT2D eigenvalue weighted by atomic mass is 9.91. The van der Waals surface area contributed by atoms with Gasteiger partial charge >= 0.3 is 0 Å². The van der Waals surface area contributed by atoms with Crippen LogP contribution in [0.3, 0.4) is 0 Å². The molecule has 0 saturated carbocycles. The third-order valence-corrected chi connectivity index (χ3v) is 4.68. The minimum absolute atomic E-state index is 0.116. The van der Waals surface area contributed by atoms with Gasteiger partial charge in [0.15, 0.2) is 23.0 Å². The van der Waals surface area contributed by atoms with E-state index in [1.807, 2.05) is 20.8 Å². The molecule has 1 aliphatic heterocycles. The number of hydrogen-bond acceptors (Lipinski definition) is 5. The maximum atomic E-state index is 12.9. The van der Waals surface area contributed by atoms with Crippen LogP contribution in [0, 0.1) is 5.92 Å². The molecule has 1 N–H and O–H groups in total. The Morgan fingerprint density at radius 2 is 1.96 bits per heavy atom. The van der Waals surface area contributed by atoms with Crippen LogP contribution in [-0.4, -0.2) is 42.5 Å². The number of amides is 1. The lowest BCUT2D eigenvalue weighted by molar-refractivity contribution is -0.129. The lowest BCUT2D eigenvalue weighted by Gasteiger charge is -2.28. The normalized spacial score (nSPS) is 17.0. The molecular formula is C21H29NO5. The molecule has 1 aromatic rings. The largest absolute Gasteiger partial charge is 0.503 e. The number of carbonyl (C=O) groups is 2. The van der Waals surface area contributed by atoms with E-state index >= 15 is 0 Å². The number of para-hydroxylation sites is 1. The first-order valence-corrected chi connectivity index (χ1v) is 9.35. The molecule has 0 bridgehead atoms. The predicted molar refractivity (Wildman–Crippen MR) is 103 cm³/mol. The Hall–Kier alpha value is -2.50. The first-order valence-electron chi connectivity index (χ1n) is 9.35. The summed E-state index contributed by atoms with van der Waals surface area (Å²) in [6.45, 7) is 6.34. The number of aliphatic hydroxyl groups excluding tert-OH is 1. The molecule has 27 heavy (non-hydrogen) atoms. The van der Waals surface area contributed by atoms with Crippen LogP contribution in [0.5, 0.6) is 11.5 Å². The van der Waals surface area contributed by atoms with Gasteiger partial charge in [-0.2, -0.15) is 0 Å². The van der Waals surface area contributed by atoms with E-state index in [1.54, 1.807) is 23.1 Å². The van der Waals surface area contributed by atoms with Crippen molar-refractivity contribution in [2.45, 2.75) is 46.1 Å². The first-order chi connectivity index (χ1) is 12.9. The van der Waals surface area contributed by atoms with E-state index in [-0.39, 0.29) is 23.7 Å². The average Bonchev–Trinajstić information content (AvgIpc) is 2.89. The summed E-state index contributed by atoms with van der Waals surface area (Å²) >= 11 is 0. The first kappa shape index (κ1) is 20.8. The summed E-state index contributed by atoms with van der Waals surface area (Å²) in [5, 5.41) is 10.5. The summed E-state index contributed by atoms with van der Waals surface area (Å²) in [5.74, 6) is -0.0870. The van der Waals surface area contributed by atoms with Gasteiger partial charge in [0, 0.05) is 18.5 Å². The molecule has 0 fully saturated rings. The quantitative estimate of drug-likeness (QED) is 0.710. The van der Waals surface area contributed by atoms with Gasteiger partial charge in [0.05, 0.1) is 25.8 Å². The van der Waals surface area contributed by atoms with Crippen molar-refractivity contribution in [1.82, 2.24) is 4.90 Å². The fourth-order valence-electron chi connectivity index (χ4n) is 3.43. The highest BCUT2D eigenvalue weighted by Gasteiger charge is 2.44. The molecule has 0 aliphatic carbocycles. The fraction of sp³-hybridized carbons (Fsp3) is 0.524. The van der Waals surface area contributed by atoms with Crippen LogP contribution >= 0.6 is 0 Å². The van der Waals surface area contributed by atoms with Gasteiger partial charge in [-0.3, -0.25) is 9.59 Å². The smallest absolute Gasteiger partial charge is 0.290 e. The van der Waals surface area contributed by atoms with Gasteiger partial charge in [-0.25, -0.2) is 0 Å². The second-order valence-corrected chi connectivity index (χ2v) is 7.12. The molecular weight excluding hydrogens is 346 g/mol. The Morgan fingerprint density at radius 1 is 1.26 bits per heavy atom. The third kappa shape index (κ3) is 4.10. The molecule has 1 aromatic carbocycles. The summed E-state index contributed by atoms with van der Waals surface area (Å²) in [5.41, 5.74) is 0.786. The molecule has 0 aromatic heterocycles. The summed E-state index contributed by atoms with van der Waals surface area (Å²) in [7, 11) is 3.06. The third-order valence-electron chi connectivity index (χ3n) is 4.68. The zero-order valence-corrected chi connectivity index (χ0v) is 16.7. The van der Waals surface area contributed by atoms with Crippen LogP contribution in [0.25, 0.3) is 0 Å². The number of Topliss-reactive ketones (excluding diaryl/α,β-unsaturated/α-hetero) is 1. The van der Waals surface area contributed by atoms with Crippen molar-refractivity contribution in [3.05, 3.63) is 35.1 Å². The zero-order valence-electron chi connectivity index (χ0n) is 16.7. The number of benzene rings is 1. The molecule has 0 saturated heterocycles. The Morgan fingerprint density at radius 3 is 2.52 bits per heavy atom.